The molecule has 0 spiro atoms. The number of halogens is 1. The van der Waals surface area contributed by atoms with Crippen LogP contribution in [0.3, 0.4) is 0 Å². The van der Waals surface area contributed by atoms with Crippen LogP contribution < -0.4 is 10.2 Å². The molecule has 1 unspecified atom stereocenters. The van der Waals surface area contributed by atoms with Crippen molar-refractivity contribution in [1.82, 2.24) is 5.32 Å². The van der Waals surface area contributed by atoms with Gasteiger partial charge in [0.25, 0.3) is 5.69 Å². The molecular formula is C12H16IN3O2. The van der Waals surface area contributed by atoms with E-state index in [1.807, 2.05) is 13.1 Å². The maximum absolute atomic E-state index is 10.7. The van der Waals surface area contributed by atoms with Crippen molar-refractivity contribution in [2.45, 2.75) is 6.42 Å². The molecule has 98 valence electrons. The summed E-state index contributed by atoms with van der Waals surface area (Å²) < 4.78 is 0.951. The van der Waals surface area contributed by atoms with Gasteiger partial charge in [-0.1, -0.05) is 0 Å². The van der Waals surface area contributed by atoms with E-state index in [1.165, 1.54) is 6.42 Å². The van der Waals surface area contributed by atoms with Crippen LogP contribution in [0.15, 0.2) is 18.2 Å². The molecule has 0 aliphatic carbocycles. The number of non-ortho nitro benzene ring substituents is 1. The van der Waals surface area contributed by atoms with Gasteiger partial charge in [0.2, 0.25) is 0 Å². The topological polar surface area (TPSA) is 58.4 Å². The number of rotatable bonds is 4. The molecule has 1 aromatic carbocycles. The van der Waals surface area contributed by atoms with Crippen LogP contribution in [0.2, 0.25) is 0 Å². The van der Waals surface area contributed by atoms with E-state index >= 15 is 0 Å². The van der Waals surface area contributed by atoms with Gasteiger partial charge < -0.3 is 10.2 Å². The van der Waals surface area contributed by atoms with Gasteiger partial charge in [-0.2, -0.15) is 0 Å². The molecule has 1 fully saturated rings. The second kappa shape index (κ2) is 5.83. The molecule has 1 aromatic rings. The number of nitro groups is 1. The SMILES string of the molecule is CNCC1CCN(c2ccc([N+](=O)[O-])cc2I)C1. The minimum atomic E-state index is -0.347. The molecule has 1 aliphatic rings. The van der Waals surface area contributed by atoms with Crippen molar-refractivity contribution < 1.29 is 4.92 Å². The zero-order chi connectivity index (χ0) is 13.1. The van der Waals surface area contributed by atoms with Gasteiger partial charge in [-0.25, -0.2) is 0 Å². The van der Waals surface area contributed by atoms with E-state index in [1.54, 1.807) is 12.1 Å². The summed E-state index contributed by atoms with van der Waals surface area (Å²) >= 11 is 2.18. The maximum atomic E-state index is 10.7. The highest BCUT2D eigenvalue weighted by atomic mass is 127. The third kappa shape index (κ3) is 2.92. The first-order valence-electron chi connectivity index (χ1n) is 5.95. The molecule has 2 rings (SSSR count). The number of benzene rings is 1. The Morgan fingerprint density at radius 1 is 1.61 bits per heavy atom. The molecule has 0 saturated carbocycles. The quantitative estimate of drug-likeness (QED) is 0.508. The summed E-state index contributed by atoms with van der Waals surface area (Å²) in [6.07, 6.45) is 1.17. The van der Waals surface area contributed by atoms with Gasteiger partial charge in [-0.3, -0.25) is 10.1 Å². The molecule has 6 heteroatoms. The zero-order valence-corrected chi connectivity index (χ0v) is 12.4. The Balaban J connectivity index is 2.12. The summed E-state index contributed by atoms with van der Waals surface area (Å²) in [5.41, 5.74) is 1.27. The Morgan fingerprint density at radius 3 is 3.00 bits per heavy atom. The smallest absolute Gasteiger partial charge is 0.270 e. The van der Waals surface area contributed by atoms with Crippen LogP contribution in [0, 0.1) is 19.6 Å². The number of nitrogens with zero attached hydrogens (tertiary/aromatic N) is 2. The van der Waals surface area contributed by atoms with Crippen LogP contribution in [0.4, 0.5) is 11.4 Å². The summed E-state index contributed by atoms with van der Waals surface area (Å²) in [5.74, 6) is 0.668. The Morgan fingerprint density at radius 2 is 2.39 bits per heavy atom. The van der Waals surface area contributed by atoms with Crippen LogP contribution in [0.25, 0.3) is 0 Å². The van der Waals surface area contributed by atoms with Crippen molar-refractivity contribution in [3.63, 3.8) is 0 Å². The lowest BCUT2D eigenvalue weighted by Gasteiger charge is -2.20. The molecule has 0 bridgehead atoms. The number of nitro benzene ring substituents is 1. The first kappa shape index (κ1) is 13.5. The van der Waals surface area contributed by atoms with E-state index < -0.39 is 0 Å². The molecule has 1 aliphatic heterocycles. The van der Waals surface area contributed by atoms with Gasteiger partial charge in [0.05, 0.1) is 10.6 Å². The predicted octanol–water partition coefficient (Wildman–Crippen LogP) is 2.25. The van der Waals surface area contributed by atoms with E-state index in [4.69, 9.17) is 0 Å². The predicted molar refractivity (Wildman–Crippen MR) is 80.1 cm³/mol. The normalized spacial score (nSPS) is 19.2. The summed E-state index contributed by atoms with van der Waals surface area (Å²) in [4.78, 5) is 12.7. The molecule has 0 aromatic heterocycles. The van der Waals surface area contributed by atoms with E-state index in [-0.39, 0.29) is 10.6 Å². The third-order valence-corrected chi connectivity index (χ3v) is 4.13. The van der Waals surface area contributed by atoms with Crippen LogP contribution in [-0.2, 0) is 0 Å². The van der Waals surface area contributed by atoms with Crippen LogP contribution in [0.5, 0.6) is 0 Å². The van der Waals surface area contributed by atoms with Crippen LogP contribution >= 0.6 is 22.6 Å². The average Bonchev–Trinajstić information content (AvgIpc) is 2.77. The molecule has 0 amide bonds. The molecule has 0 radical (unpaired) electrons. The highest BCUT2D eigenvalue weighted by Gasteiger charge is 2.24. The van der Waals surface area contributed by atoms with Gasteiger partial charge in [0, 0.05) is 28.8 Å². The third-order valence-electron chi connectivity index (χ3n) is 3.26. The molecular weight excluding hydrogens is 345 g/mol. The van der Waals surface area contributed by atoms with Crippen molar-refractivity contribution in [2.24, 2.45) is 5.92 Å². The van der Waals surface area contributed by atoms with Crippen molar-refractivity contribution in [3.8, 4) is 0 Å². The Kier molecular flexibility index (Phi) is 4.39. The fraction of sp³-hybridized carbons (Fsp3) is 0.500. The first-order chi connectivity index (χ1) is 8.61. The molecule has 18 heavy (non-hydrogen) atoms. The van der Waals surface area contributed by atoms with Crippen molar-refractivity contribution in [1.29, 1.82) is 0 Å². The van der Waals surface area contributed by atoms with E-state index in [0.717, 1.165) is 28.9 Å². The van der Waals surface area contributed by atoms with Crippen molar-refractivity contribution in [3.05, 3.63) is 31.9 Å². The Labute approximate surface area is 120 Å². The Bertz CT molecular complexity index is 453. The van der Waals surface area contributed by atoms with Crippen LogP contribution in [-0.4, -0.2) is 31.6 Å². The van der Waals surface area contributed by atoms with Crippen molar-refractivity contribution in [2.75, 3.05) is 31.6 Å². The first-order valence-corrected chi connectivity index (χ1v) is 7.03. The van der Waals surface area contributed by atoms with E-state index in [2.05, 4.69) is 32.8 Å². The average molecular weight is 361 g/mol. The molecule has 1 atom stereocenters. The second-order valence-corrected chi connectivity index (χ2v) is 5.71. The summed E-state index contributed by atoms with van der Waals surface area (Å²) in [5, 5.41) is 13.9. The zero-order valence-electron chi connectivity index (χ0n) is 10.2. The monoisotopic (exact) mass is 361 g/mol. The van der Waals surface area contributed by atoms with Gasteiger partial charge in [0.15, 0.2) is 0 Å². The standard InChI is InChI=1S/C12H16IN3O2/c1-14-7-9-4-5-15(8-9)12-3-2-10(16(17)18)6-11(12)13/h2-3,6,9,14H,4-5,7-8H2,1H3. The number of hydrogen-bond donors (Lipinski definition) is 1. The van der Waals surface area contributed by atoms with Gasteiger partial charge in [0.1, 0.15) is 0 Å². The fourth-order valence-corrected chi connectivity index (χ4v) is 3.21. The van der Waals surface area contributed by atoms with Gasteiger partial charge in [-0.15, -0.1) is 0 Å². The number of hydrogen-bond acceptors (Lipinski definition) is 4. The summed E-state index contributed by atoms with van der Waals surface area (Å²) in [7, 11) is 1.97. The lowest BCUT2D eigenvalue weighted by atomic mass is 10.1. The second-order valence-electron chi connectivity index (χ2n) is 4.55. The molecule has 1 N–H and O–H groups in total. The highest BCUT2D eigenvalue weighted by molar-refractivity contribution is 14.1. The largest absolute Gasteiger partial charge is 0.370 e. The molecule has 1 heterocycles. The van der Waals surface area contributed by atoms with Gasteiger partial charge in [-0.05, 0) is 54.6 Å². The van der Waals surface area contributed by atoms with E-state index in [0.29, 0.717) is 5.92 Å². The van der Waals surface area contributed by atoms with E-state index in [9.17, 15) is 10.1 Å². The molecule has 1 saturated heterocycles. The molecule has 5 nitrogen and oxygen atoms in total. The fourth-order valence-electron chi connectivity index (χ4n) is 2.37. The lowest BCUT2D eigenvalue weighted by Crippen LogP contribution is -2.24. The van der Waals surface area contributed by atoms with Crippen molar-refractivity contribution >= 4 is 34.0 Å². The summed E-state index contributed by atoms with van der Waals surface area (Å²) in [6, 6.07) is 5.09. The Hall–Kier alpha value is -0.890. The maximum Gasteiger partial charge on any atom is 0.270 e. The van der Waals surface area contributed by atoms with Crippen LogP contribution in [0.1, 0.15) is 6.42 Å². The minimum absolute atomic E-state index is 0.161. The number of anilines is 1. The number of nitrogens with one attached hydrogen (secondary N) is 1. The highest BCUT2D eigenvalue weighted by Crippen LogP contribution is 2.30. The lowest BCUT2D eigenvalue weighted by molar-refractivity contribution is -0.384. The minimum Gasteiger partial charge on any atom is -0.370 e. The summed E-state index contributed by atoms with van der Waals surface area (Å²) in [6.45, 7) is 3.08. The van der Waals surface area contributed by atoms with Gasteiger partial charge >= 0.3 is 0 Å².